The van der Waals surface area contributed by atoms with Crippen molar-refractivity contribution in [3.63, 3.8) is 0 Å². The van der Waals surface area contributed by atoms with Gasteiger partial charge in [0.05, 0.1) is 0 Å². The van der Waals surface area contributed by atoms with E-state index in [0.717, 1.165) is 30.9 Å². The highest BCUT2D eigenvalue weighted by molar-refractivity contribution is 8.03. The van der Waals surface area contributed by atoms with Crippen molar-refractivity contribution in [1.29, 1.82) is 0 Å². The quantitative estimate of drug-likeness (QED) is 0.260. The second-order valence-corrected chi connectivity index (χ2v) is 8.73. The van der Waals surface area contributed by atoms with Crippen LogP contribution in [0.1, 0.15) is 91.4 Å². The Balaban J connectivity index is 2.25. The van der Waals surface area contributed by atoms with Gasteiger partial charge in [-0.2, -0.15) is 0 Å². The lowest BCUT2D eigenvalue weighted by Gasteiger charge is -2.12. The first-order valence-electron chi connectivity index (χ1n) is 10.3. The molecule has 0 amide bonds. The number of thioether (sulfide) groups is 1. The summed E-state index contributed by atoms with van der Waals surface area (Å²) in [5.74, 6) is 1.95. The van der Waals surface area contributed by atoms with E-state index in [2.05, 4.69) is 32.9 Å². The predicted octanol–water partition coefficient (Wildman–Crippen LogP) is 7.21. The third kappa shape index (κ3) is 10.1. The van der Waals surface area contributed by atoms with E-state index in [-0.39, 0.29) is 0 Å². The molecular weight excluding hydrogens is 328 g/mol. The first kappa shape index (κ1) is 22.3. The molecule has 0 aliphatic heterocycles. The molecule has 0 aromatic rings. The normalized spacial score (nSPS) is 19.1. The van der Waals surface area contributed by atoms with Crippen molar-refractivity contribution in [1.82, 2.24) is 0 Å². The number of rotatable bonds is 14. The Morgan fingerprint density at radius 3 is 2.80 bits per heavy atom. The van der Waals surface area contributed by atoms with Crippen LogP contribution in [0.3, 0.4) is 0 Å². The molecule has 0 bridgehead atoms. The molecule has 2 nitrogen and oxygen atoms in total. The average Bonchev–Trinajstić information content (AvgIpc) is 2.92. The molecule has 1 N–H and O–H groups in total. The minimum Gasteiger partial charge on any atom is -0.481 e. The molecule has 0 aromatic heterocycles. The number of carboxylic acid groups (broad SMARTS) is 1. The van der Waals surface area contributed by atoms with Crippen LogP contribution in [0.2, 0.25) is 0 Å². The predicted molar refractivity (Wildman–Crippen MR) is 111 cm³/mol. The largest absolute Gasteiger partial charge is 0.481 e. The van der Waals surface area contributed by atoms with Gasteiger partial charge < -0.3 is 5.11 Å². The highest BCUT2D eigenvalue weighted by Crippen LogP contribution is 2.40. The van der Waals surface area contributed by atoms with Crippen LogP contribution in [-0.4, -0.2) is 16.8 Å². The standard InChI is InChI=1S/C22H38O2S/c1-4-5-11-18(2)12-8-9-13-20-16-15-19(3)22(20)25-17-10-6-7-14-21(23)24/h9,13,18,20H,4-8,10-12,14-17H2,1-3H3,(H,23,24)/t18?,20-/m0/s1. The summed E-state index contributed by atoms with van der Waals surface area (Å²) < 4.78 is 0. The summed E-state index contributed by atoms with van der Waals surface area (Å²) in [6.45, 7) is 6.94. The van der Waals surface area contributed by atoms with E-state index in [4.69, 9.17) is 5.11 Å². The monoisotopic (exact) mass is 366 g/mol. The molecule has 0 fully saturated rings. The van der Waals surface area contributed by atoms with Crippen molar-refractivity contribution in [3.05, 3.63) is 22.6 Å². The Morgan fingerprint density at radius 1 is 1.28 bits per heavy atom. The fourth-order valence-corrected chi connectivity index (χ4v) is 4.76. The maximum atomic E-state index is 10.5. The molecule has 144 valence electrons. The lowest BCUT2D eigenvalue weighted by Crippen LogP contribution is -1.96. The van der Waals surface area contributed by atoms with Crippen molar-refractivity contribution in [3.8, 4) is 0 Å². The second kappa shape index (κ2) is 13.5. The van der Waals surface area contributed by atoms with Crippen molar-refractivity contribution in [2.45, 2.75) is 91.4 Å². The van der Waals surface area contributed by atoms with Gasteiger partial charge in [-0.3, -0.25) is 4.79 Å². The van der Waals surface area contributed by atoms with Gasteiger partial charge in [0.25, 0.3) is 0 Å². The summed E-state index contributed by atoms with van der Waals surface area (Å²) in [4.78, 5) is 12.1. The van der Waals surface area contributed by atoms with Crippen LogP contribution in [0, 0.1) is 11.8 Å². The van der Waals surface area contributed by atoms with E-state index >= 15 is 0 Å². The number of unbranched alkanes of at least 4 members (excludes halogenated alkanes) is 3. The van der Waals surface area contributed by atoms with Gasteiger partial charge >= 0.3 is 5.97 Å². The molecule has 0 heterocycles. The smallest absolute Gasteiger partial charge is 0.303 e. The van der Waals surface area contributed by atoms with E-state index in [1.165, 1.54) is 44.9 Å². The van der Waals surface area contributed by atoms with E-state index in [0.29, 0.717) is 12.3 Å². The maximum Gasteiger partial charge on any atom is 0.303 e. The summed E-state index contributed by atoms with van der Waals surface area (Å²) in [6.07, 6.45) is 17.2. The Bertz CT molecular complexity index is 439. The number of allylic oxidation sites excluding steroid dienone is 4. The highest BCUT2D eigenvalue weighted by atomic mass is 32.2. The van der Waals surface area contributed by atoms with Crippen molar-refractivity contribution in [2.75, 3.05) is 5.75 Å². The summed E-state index contributed by atoms with van der Waals surface area (Å²) in [5, 5.41) is 8.67. The van der Waals surface area contributed by atoms with Crippen LogP contribution in [0.15, 0.2) is 22.6 Å². The molecule has 3 heteroatoms. The van der Waals surface area contributed by atoms with Crippen LogP contribution >= 0.6 is 11.8 Å². The van der Waals surface area contributed by atoms with Gasteiger partial charge in [-0.1, -0.05) is 57.3 Å². The third-order valence-corrected chi connectivity index (χ3v) is 6.58. The summed E-state index contributed by atoms with van der Waals surface area (Å²) in [7, 11) is 0. The Morgan fingerprint density at radius 2 is 2.08 bits per heavy atom. The van der Waals surface area contributed by atoms with E-state index in [1.807, 2.05) is 11.8 Å². The molecule has 0 saturated carbocycles. The van der Waals surface area contributed by atoms with Crippen molar-refractivity contribution >= 4 is 17.7 Å². The zero-order valence-corrected chi connectivity index (χ0v) is 17.4. The van der Waals surface area contributed by atoms with Gasteiger partial charge in [-0.05, 0) is 62.0 Å². The molecule has 1 rings (SSSR count). The van der Waals surface area contributed by atoms with Crippen LogP contribution in [0.5, 0.6) is 0 Å². The molecule has 1 unspecified atom stereocenters. The zero-order valence-electron chi connectivity index (χ0n) is 16.6. The van der Waals surface area contributed by atoms with Gasteiger partial charge in [0.15, 0.2) is 0 Å². The van der Waals surface area contributed by atoms with Crippen LogP contribution in [-0.2, 0) is 4.79 Å². The van der Waals surface area contributed by atoms with Gasteiger partial charge in [0.2, 0.25) is 0 Å². The highest BCUT2D eigenvalue weighted by Gasteiger charge is 2.21. The molecule has 1 aliphatic carbocycles. The number of aliphatic carboxylic acids is 1. The minimum atomic E-state index is -0.670. The van der Waals surface area contributed by atoms with Crippen molar-refractivity contribution < 1.29 is 9.90 Å². The topological polar surface area (TPSA) is 37.3 Å². The Kier molecular flexibility index (Phi) is 12.1. The third-order valence-electron chi connectivity index (χ3n) is 5.13. The SMILES string of the molecule is CCCCC(C)CCC=C[C@H]1CCC(C)=C1SCCCCCC(=O)O. The van der Waals surface area contributed by atoms with Crippen LogP contribution < -0.4 is 0 Å². The fourth-order valence-electron chi connectivity index (χ4n) is 3.43. The van der Waals surface area contributed by atoms with Gasteiger partial charge in [0.1, 0.15) is 0 Å². The summed E-state index contributed by atoms with van der Waals surface area (Å²) in [5.41, 5.74) is 1.57. The number of carboxylic acids is 1. The van der Waals surface area contributed by atoms with Crippen molar-refractivity contribution in [2.24, 2.45) is 11.8 Å². The number of hydrogen-bond donors (Lipinski definition) is 1. The summed E-state index contributed by atoms with van der Waals surface area (Å²) >= 11 is 2.02. The molecular formula is C22H38O2S. The lowest BCUT2D eigenvalue weighted by atomic mass is 9.98. The maximum absolute atomic E-state index is 10.5. The fraction of sp³-hybridized carbons (Fsp3) is 0.773. The summed E-state index contributed by atoms with van der Waals surface area (Å²) in [6, 6.07) is 0. The molecule has 0 radical (unpaired) electrons. The Labute approximate surface area is 159 Å². The van der Waals surface area contributed by atoms with Gasteiger partial charge in [-0.15, -0.1) is 11.8 Å². The first-order valence-corrected chi connectivity index (χ1v) is 11.2. The van der Waals surface area contributed by atoms with Crippen LogP contribution in [0.25, 0.3) is 0 Å². The van der Waals surface area contributed by atoms with Crippen LogP contribution in [0.4, 0.5) is 0 Å². The first-order chi connectivity index (χ1) is 12.0. The molecule has 0 saturated heterocycles. The number of carbonyl (C=O) groups is 1. The minimum absolute atomic E-state index is 0.314. The molecule has 2 atom stereocenters. The zero-order chi connectivity index (χ0) is 18.5. The van der Waals surface area contributed by atoms with E-state index in [9.17, 15) is 4.79 Å². The van der Waals surface area contributed by atoms with E-state index < -0.39 is 5.97 Å². The Hall–Kier alpha value is -0.700. The lowest BCUT2D eigenvalue weighted by molar-refractivity contribution is -0.137. The molecule has 0 spiro atoms. The van der Waals surface area contributed by atoms with Gasteiger partial charge in [-0.25, -0.2) is 0 Å². The molecule has 25 heavy (non-hydrogen) atoms. The molecule has 0 aromatic carbocycles. The van der Waals surface area contributed by atoms with Gasteiger partial charge in [0, 0.05) is 12.3 Å². The second-order valence-electron chi connectivity index (χ2n) is 7.60. The average molecular weight is 367 g/mol. The molecule has 1 aliphatic rings. The number of hydrogen-bond acceptors (Lipinski definition) is 2. The van der Waals surface area contributed by atoms with E-state index in [1.54, 1.807) is 10.5 Å².